The van der Waals surface area contributed by atoms with Crippen LogP contribution < -0.4 is 10.1 Å². The minimum absolute atomic E-state index is 0.0204. The maximum atomic E-state index is 13.2. The number of halogens is 4. The second kappa shape index (κ2) is 7.20. The molecule has 1 heterocycles. The third-order valence-electron chi connectivity index (χ3n) is 2.27. The van der Waals surface area contributed by atoms with Gasteiger partial charge in [0.15, 0.2) is 0 Å². The molecule has 21 heavy (non-hydrogen) atoms. The lowest BCUT2D eigenvalue weighted by molar-refractivity contribution is 0.292. The van der Waals surface area contributed by atoms with Crippen molar-refractivity contribution in [3.8, 4) is 6.01 Å². The fraction of sp³-hybridized carbons (Fsp3) is 0.250. The van der Waals surface area contributed by atoms with Crippen LogP contribution in [0, 0.1) is 5.82 Å². The maximum absolute atomic E-state index is 13.2. The molecular formula is C12H10BrCl2FN4O. The number of hydrogen-bond donors (Lipinski definition) is 1. The molecule has 1 aromatic heterocycles. The Bertz CT molecular complexity index is 636. The van der Waals surface area contributed by atoms with Gasteiger partial charge >= 0.3 is 6.01 Å². The summed E-state index contributed by atoms with van der Waals surface area (Å²) >= 11 is 15.0. The summed E-state index contributed by atoms with van der Waals surface area (Å²) < 4.78 is 18.9. The van der Waals surface area contributed by atoms with E-state index in [0.717, 1.165) is 6.42 Å². The highest BCUT2D eigenvalue weighted by Crippen LogP contribution is 2.33. The average molecular weight is 396 g/mol. The number of nitrogens with zero attached hydrogens (tertiary/aromatic N) is 3. The van der Waals surface area contributed by atoms with E-state index in [2.05, 4.69) is 36.2 Å². The number of ether oxygens (including phenoxy) is 1. The van der Waals surface area contributed by atoms with Gasteiger partial charge in [-0.15, -0.1) is 0 Å². The first-order chi connectivity index (χ1) is 9.99. The van der Waals surface area contributed by atoms with Crippen LogP contribution in [-0.4, -0.2) is 21.6 Å². The predicted molar refractivity (Wildman–Crippen MR) is 83.0 cm³/mol. The SMILES string of the molecule is CCCOc1nc(Cl)nc(Nc2c(Cl)cc(F)cc2Br)n1. The van der Waals surface area contributed by atoms with Gasteiger partial charge < -0.3 is 10.1 Å². The van der Waals surface area contributed by atoms with E-state index in [1.54, 1.807) is 0 Å². The number of nitrogens with one attached hydrogen (secondary N) is 1. The first-order valence-corrected chi connectivity index (χ1v) is 7.50. The van der Waals surface area contributed by atoms with Gasteiger partial charge in [0.2, 0.25) is 11.2 Å². The van der Waals surface area contributed by atoms with Crippen molar-refractivity contribution in [1.82, 2.24) is 15.0 Å². The summed E-state index contributed by atoms with van der Waals surface area (Å²) in [5, 5.41) is 3.01. The molecule has 0 spiro atoms. The molecule has 0 amide bonds. The monoisotopic (exact) mass is 394 g/mol. The highest BCUT2D eigenvalue weighted by atomic mass is 79.9. The Kier molecular flexibility index (Phi) is 5.55. The van der Waals surface area contributed by atoms with Gasteiger partial charge in [0.1, 0.15) is 5.82 Å². The lowest BCUT2D eigenvalue weighted by atomic mass is 10.3. The molecule has 0 radical (unpaired) electrons. The highest BCUT2D eigenvalue weighted by molar-refractivity contribution is 9.10. The van der Waals surface area contributed by atoms with Gasteiger partial charge in [0.05, 0.1) is 17.3 Å². The van der Waals surface area contributed by atoms with Crippen molar-refractivity contribution < 1.29 is 9.13 Å². The highest BCUT2D eigenvalue weighted by Gasteiger charge is 2.12. The molecule has 0 aliphatic carbocycles. The molecule has 2 rings (SSSR count). The minimum atomic E-state index is -0.460. The topological polar surface area (TPSA) is 59.9 Å². The standard InChI is InChI=1S/C12H10BrCl2FN4O/c1-2-3-21-12-19-10(15)18-11(20-12)17-9-7(13)4-6(16)5-8(9)14/h4-5H,2-3H2,1H3,(H,17,18,19,20). The molecule has 5 nitrogen and oxygen atoms in total. The van der Waals surface area contributed by atoms with Crippen LogP contribution in [0.3, 0.4) is 0 Å². The Morgan fingerprint density at radius 3 is 2.71 bits per heavy atom. The number of anilines is 2. The van der Waals surface area contributed by atoms with E-state index in [4.69, 9.17) is 27.9 Å². The summed E-state index contributed by atoms with van der Waals surface area (Å²) in [6.45, 7) is 2.41. The van der Waals surface area contributed by atoms with Gasteiger partial charge in [-0.3, -0.25) is 0 Å². The minimum Gasteiger partial charge on any atom is -0.463 e. The summed E-state index contributed by atoms with van der Waals surface area (Å²) in [4.78, 5) is 11.8. The van der Waals surface area contributed by atoms with E-state index in [1.807, 2.05) is 6.92 Å². The molecular weight excluding hydrogens is 386 g/mol. The molecule has 0 unspecified atom stereocenters. The lowest BCUT2D eigenvalue weighted by Gasteiger charge is -2.10. The lowest BCUT2D eigenvalue weighted by Crippen LogP contribution is -2.05. The van der Waals surface area contributed by atoms with Crippen LogP contribution >= 0.6 is 39.1 Å². The van der Waals surface area contributed by atoms with E-state index < -0.39 is 5.82 Å². The molecule has 0 fully saturated rings. The quantitative estimate of drug-likeness (QED) is 0.800. The van der Waals surface area contributed by atoms with Crippen molar-refractivity contribution in [1.29, 1.82) is 0 Å². The Hall–Kier alpha value is -1.18. The smallest absolute Gasteiger partial charge is 0.322 e. The first kappa shape index (κ1) is 16.2. The predicted octanol–water partition coefficient (Wildman–Crippen LogP) is 4.61. The normalized spacial score (nSPS) is 10.5. The molecule has 0 saturated carbocycles. The maximum Gasteiger partial charge on any atom is 0.322 e. The van der Waals surface area contributed by atoms with Crippen LogP contribution in [0.4, 0.5) is 16.0 Å². The van der Waals surface area contributed by atoms with E-state index in [1.165, 1.54) is 12.1 Å². The van der Waals surface area contributed by atoms with Gasteiger partial charge in [-0.05, 0) is 46.1 Å². The summed E-state index contributed by atoms with van der Waals surface area (Å²) in [6, 6.07) is 2.55. The Balaban J connectivity index is 2.29. The molecule has 1 N–H and O–H groups in total. The summed E-state index contributed by atoms with van der Waals surface area (Å²) in [6.07, 6.45) is 0.807. The number of aromatic nitrogens is 3. The molecule has 112 valence electrons. The largest absolute Gasteiger partial charge is 0.463 e. The van der Waals surface area contributed by atoms with Crippen LogP contribution in [0.25, 0.3) is 0 Å². The number of rotatable bonds is 5. The fourth-order valence-corrected chi connectivity index (χ4v) is 2.47. The molecule has 1 aromatic carbocycles. The van der Waals surface area contributed by atoms with E-state index in [0.29, 0.717) is 16.8 Å². The van der Waals surface area contributed by atoms with Crippen LogP contribution in [0.2, 0.25) is 10.3 Å². The van der Waals surface area contributed by atoms with E-state index in [-0.39, 0.29) is 22.3 Å². The fourth-order valence-electron chi connectivity index (χ4n) is 1.42. The van der Waals surface area contributed by atoms with Crippen molar-refractivity contribution in [2.45, 2.75) is 13.3 Å². The zero-order chi connectivity index (χ0) is 15.4. The number of hydrogen-bond acceptors (Lipinski definition) is 5. The molecule has 0 aliphatic rings. The van der Waals surface area contributed by atoms with Crippen molar-refractivity contribution in [2.75, 3.05) is 11.9 Å². The zero-order valence-corrected chi connectivity index (χ0v) is 13.9. The van der Waals surface area contributed by atoms with Gasteiger partial charge in [0.25, 0.3) is 0 Å². The van der Waals surface area contributed by atoms with E-state index >= 15 is 0 Å². The molecule has 9 heteroatoms. The Morgan fingerprint density at radius 2 is 2.05 bits per heavy atom. The van der Waals surface area contributed by atoms with Crippen molar-refractivity contribution in [3.05, 3.63) is 32.7 Å². The molecule has 0 atom stereocenters. The summed E-state index contributed by atoms with van der Waals surface area (Å²) in [5.74, 6) is -0.312. The van der Waals surface area contributed by atoms with Crippen molar-refractivity contribution in [2.24, 2.45) is 0 Å². The van der Waals surface area contributed by atoms with Crippen LogP contribution in [0.5, 0.6) is 6.01 Å². The van der Waals surface area contributed by atoms with Gasteiger partial charge in [-0.2, -0.15) is 15.0 Å². The molecule has 2 aromatic rings. The summed E-state index contributed by atoms with van der Waals surface area (Å²) in [5.41, 5.74) is 0.418. The second-order valence-corrected chi connectivity index (χ2v) is 5.53. The van der Waals surface area contributed by atoms with E-state index in [9.17, 15) is 4.39 Å². The van der Waals surface area contributed by atoms with Crippen molar-refractivity contribution in [3.63, 3.8) is 0 Å². The van der Waals surface area contributed by atoms with Crippen LogP contribution in [0.15, 0.2) is 16.6 Å². The van der Waals surface area contributed by atoms with Gasteiger partial charge in [-0.1, -0.05) is 18.5 Å². The zero-order valence-electron chi connectivity index (χ0n) is 10.8. The third kappa shape index (κ3) is 4.39. The van der Waals surface area contributed by atoms with Crippen LogP contribution in [0.1, 0.15) is 13.3 Å². The molecule has 0 bridgehead atoms. The van der Waals surface area contributed by atoms with Gasteiger partial charge in [0, 0.05) is 4.47 Å². The molecule has 0 aliphatic heterocycles. The Morgan fingerprint density at radius 1 is 1.29 bits per heavy atom. The first-order valence-electron chi connectivity index (χ1n) is 5.95. The Labute approximate surface area is 139 Å². The van der Waals surface area contributed by atoms with Gasteiger partial charge in [-0.25, -0.2) is 4.39 Å². The third-order valence-corrected chi connectivity index (χ3v) is 3.36. The van der Waals surface area contributed by atoms with Crippen molar-refractivity contribution >= 4 is 50.8 Å². The average Bonchev–Trinajstić information content (AvgIpc) is 2.40. The molecule has 0 saturated heterocycles. The number of benzene rings is 1. The second-order valence-electron chi connectivity index (χ2n) is 3.93. The van der Waals surface area contributed by atoms with Crippen LogP contribution in [-0.2, 0) is 0 Å². The summed E-state index contributed by atoms with van der Waals surface area (Å²) in [7, 11) is 0.